The molecular formula is C11H17N7. The average molecular weight is 247 g/mol. The quantitative estimate of drug-likeness (QED) is 0.548. The summed E-state index contributed by atoms with van der Waals surface area (Å²) < 4.78 is 0. The van der Waals surface area contributed by atoms with Crippen molar-refractivity contribution >= 4 is 22.8 Å². The second kappa shape index (κ2) is 4.09. The second-order valence-electron chi connectivity index (χ2n) is 4.84. The van der Waals surface area contributed by atoms with Crippen molar-refractivity contribution in [3.63, 3.8) is 0 Å². The number of hydrogen-bond donors (Lipinski definition) is 3. The van der Waals surface area contributed by atoms with E-state index in [1.807, 2.05) is 0 Å². The van der Waals surface area contributed by atoms with E-state index in [0.717, 1.165) is 17.1 Å². The maximum absolute atomic E-state index is 5.40. The number of rotatable bonds is 4. The molecule has 3 rings (SSSR count). The van der Waals surface area contributed by atoms with Gasteiger partial charge in [0.25, 0.3) is 0 Å². The summed E-state index contributed by atoms with van der Waals surface area (Å²) >= 11 is 0. The maximum atomic E-state index is 5.40. The summed E-state index contributed by atoms with van der Waals surface area (Å²) in [5.41, 5.74) is 3.19. The molecule has 1 unspecified atom stereocenters. The van der Waals surface area contributed by atoms with Gasteiger partial charge in [-0.2, -0.15) is 15.1 Å². The fraction of sp³-hybridized carbons (Fsp3) is 0.545. The normalized spacial score (nSPS) is 16.8. The van der Waals surface area contributed by atoms with Crippen molar-refractivity contribution in [2.24, 2.45) is 11.8 Å². The molecule has 2 heterocycles. The van der Waals surface area contributed by atoms with E-state index in [9.17, 15) is 0 Å². The molecule has 0 radical (unpaired) electrons. The molecular weight excluding hydrogens is 230 g/mol. The van der Waals surface area contributed by atoms with E-state index in [1.165, 1.54) is 12.8 Å². The van der Waals surface area contributed by atoms with Crippen molar-refractivity contribution in [3.8, 4) is 0 Å². The lowest BCUT2D eigenvalue weighted by Crippen LogP contribution is -2.31. The SMILES string of the molecule is CC(C1CC1)N(C)c1nc(NN)nc2[nH]ncc12. The number of H-pyrrole nitrogens is 1. The number of aromatic nitrogens is 4. The minimum atomic E-state index is 0.400. The Labute approximate surface area is 105 Å². The molecule has 1 atom stereocenters. The Kier molecular flexibility index (Phi) is 2.55. The molecule has 0 bridgehead atoms. The summed E-state index contributed by atoms with van der Waals surface area (Å²) in [6, 6.07) is 0.462. The van der Waals surface area contributed by atoms with Gasteiger partial charge in [0.05, 0.1) is 11.6 Å². The number of nitrogens with one attached hydrogen (secondary N) is 2. The molecule has 2 aromatic heterocycles. The van der Waals surface area contributed by atoms with Gasteiger partial charge in [-0.1, -0.05) is 0 Å². The summed E-state index contributed by atoms with van der Waals surface area (Å²) in [4.78, 5) is 10.8. The third kappa shape index (κ3) is 1.76. The lowest BCUT2D eigenvalue weighted by Gasteiger charge is -2.26. The van der Waals surface area contributed by atoms with E-state index in [1.54, 1.807) is 6.20 Å². The summed E-state index contributed by atoms with van der Waals surface area (Å²) in [6.45, 7) is 2.22. The molecule has 18 heavy (non-hydrogen) atoms. The van der Waals surface area contributed by atoms with E-state index in [2.05, 4.69) is 44.5 Å². The van der Waals surface area contributed by atoms with Crippen LogP contribution < -0.4 is 16.2 Å². The van der Waals surface area contributed by atoms with Crippen LogP contribution in [-0.2, 0) is 0 Å². The zero-order valence-corrected chi connectivity index (χ0v) is 10.5. The van der Waals surface area contributed by atoms with E-state index < -0.39 is 0 Å². The van der Waals surface area contributed by atoms with Crippen LogP contribution >= 0.6 is 0 Å². The van der Waals surface area contributed by atoms with Crippen LogP contribution in [0, 0.1) is 5.92 Å². The molecule has 7 nitrogen and oxygen atoms in total. The lowest BCUT2D eigenvalue weighted by atomic mass is 10.2. The summed E-state index contributed by atoms with van der Waals surface area (Å²) in [7, 11) is 2.05. The van der Waals surface area contributed by atoms with Crippen LogP contribution in [0.4, 0.5) is 11.8 Å². The van der Waals surface area contributed by atoms with E-state index >= 15 is 0 Å². The number of nitrogens with zero attached hydrogens (tertiary/aromatic N) is 4. The van der Waals surface area contributed by atoms with Crippen LogP contribution in [0.5, 0.6) is 0 Å². The Hall–Kier alpha value is -1.89. The van der Waals surface area contributed by atoms with Crippen LogP contribution in [0.1, 0.15) is 19.8 Å². The largest absolute Gasteiger partial charge is 0.356 e. The van der Waals surface area contributed by atoms with Gasteiger partial charge in [-0.05, 0) is 25.7 Å². The number of fused-ring (bicyclic) bond motifs is 1. The van der Waals surface area contributed by atoms with Crippen LogP contribution in [0.15, 0.2) is 6.20 Å². The van der Waals surface area contributed by atoms with Crippen LogP contribution in [0.3, 0.4) is 0 Å². The first-order valence-electron chi connectivity index (χ1n) is 6.11. The monoisotopic (exact) mass is 247 g/mol. The molecule has 1 aliphatic rings. The highest BCUT2D eigenvalue weighted by molar-refractivity contribution is 5.87. The van der Waals surface area contributed by atoms with E-state index in [4.69, 9.17) is 5.84 Å². The topological polar surface area (TPSA) is 95.8 Å². The predicted octanol–water partition coefficient (Wildman–Crippen LogP) is 0.873. The highest BCUT2D eigenvalue weighted by Crippen LogP contribution is 2.37. The first kappa shape index (κ1) is 11.2. The lowest BCUT2D eigenvalue weighted by molar-refractivity contribution is 0.605. The number of anilines is 2. The minimum Gasteiger partial charge on any atom is -0.356 e. The van der Waals surface area contributed by atoms with Crippen LogP contribution in [0.25, 0.3) is 11.0 Å². The zero-order valence-electron chi connectivity index (χ0n) is 10.5. The van der Waals surface area contributed by atoms with Gasteiger partial charge in [0.1, 0.15) is 5.82 Å². The Balaban J connectivity index is 2.05. The summed E-state index contributed by atoms with van der Waals surface area (Å²) in [6.07, 6.45) is 4.35. The molecule has 1 fully saturated rings. The van der Waals surface area contributed by atoms with Gasteiger partial charge >= 0.3 is 0 Å². The van der Waals surface area contributed by atoms with Gasteiger partial charge in [-0.3, -0.25) is 10.5 Å². The zero-order chi connectivity index (χ0) is 12.7. The van der Waals surface area contributed by atoms with Crippen molar-refractivity contribution in [2.45, 2.75) is 25.8 Å². The molecule has 96 valence electrons. The van der Waals surface area contributed by atoms with Gasteiger partial charge in [0, 0.05) is 13.1 Å². The molecule has 1 aliphatic carbocycles. The van der Waals surface area contributed by atoms with Crippen molar-refractivity contribution in [1.82, 2.24) is 20.2 Å². The number of hydrogen-bond acceptors (Lipinski definition) is 6. The predicted molar refractivity (Wildman–Crippen MR) is 70.1 cm³/mol. The third-order valence-corrected chi connectivity index (χ3v) is 3.67. The Bertz CT molecular complexity index is 560. The number of hydrazine groups is 1. The van der Waals surface area contributed by atoms with E-state index in [0.29, 0.717) is 17.6 Å². The molecule has 0 saturated heterocycles. The van der Waals surface area contributed by atoms with Crippen molar-refractivity contribution < 1.29 is 0 Å². The molecule has 2 aromatic rings. The fourth-order valence-corrected chi connectivity index (χ4v) is 2.24. The standard InChI is InChI=1S/C11H17N7/c1-6(7-3-4-7)18(2)10-8-5-13-17-9(8)14-11(15-10)16-12/h5-7H,3-4,12H2,1-2H3,(H2,13,14,15,16,17). The third-order valence-electron chi connectivity index (χ3n) is 3.67. The molecule has 1 saturated carbocycles. The fourth-order valence-electron chi connectivity index (χ4n) is 2.24. The van der Waals surface area contributed by atoms with Crippen LogP contribution in [-0.4, -0.2) is 33.3 Å². The summed E-state index contributed by atoms with van der Waals surface area (Å²) in [5, 5.41) is 7.79. The Morgan fingerprint density at radius 3 is 2.94 bits per heavy atom. The molecule has 0 aromatic carbocycles. The second-order valence-corrected chi connectivity index (χ2v) is 4.84. The van der Waals surface area contributed by atoms with E-state index in [-0.39, 0.29) is 0 Å². The van der Waals surface area contributed by atoms with Gasteiger partial charge < -0.3 is 4.90 Å². The van der Waals surface area contributed by atoms with Gasteiger partial charge in [0.2, 0.25) is 5.95 Å². The molecule has 4 N–H and O–H groups in total. The first-order valence-corrected chi connectivity index (χ1v) is 6.11. The maximum Gasteiger partial charge on any atom is 0.241 e. The highest BCUT2D eigenvalue weighted by atomic mass is 15.3. The van der Waals surface area contributed by atoms with Gasteiger partial charge in [0.15, 0.2) is 5.65 Å². The first-order chi connectivity index (χ1) is 8.70. The smallest absolute Gasteiger partial charge is 0.241 e. The number of nitrogens with two attached hydrogens (primary N) is 1. The van der Waals surface area contributed by atoms with Crippen molar-refractivity contribution in [2.75, 3.05) is 17.4 Å². The number of aromatic amines is 1. The Morgan fingerprint density at radius 1 is 1.50 bits per heavy atom. The average Bonchev–Trinajstić information content (AvgIpc) is 3.13. The Morgan fingerprint density at radius 2 is 2.28 bits per heavy atom. The van der Waals surface area contributed by atoms with Crippen molar-refractivity contribution in [1.29, 1.82) is 0 Å². The molecule has 0 amide bonds. The summed E-state index contributed by atoms with van der Waals surface area (Å²) in [5.74, 6) is 7.43. The van der Waals surface area contributed by atoms with Gasteiger partial charge in [-0.25, -0.2) is 5.84 Å². The molecule has 0 aliphatic heterocycles. The highest BCUT2D eigenvalue weighted by Gasteiger charge is 2.32. The molecule has 7 heteroatoms. The van der Waals surface area contributed by atoms with Crippen LogP contribution in [0.2, 0.25) is 0 Å². The number of nitrogen functional groups attached to an aromatic ring is 1. The van der Waals surface area contributed by atoms with Gasteiger partial charge in [-0.15, -0.1) is 0 Å². The van der Waals surface area contributed by atoms with Crippen molar-refractivity contribution in [3.05, 3.63) is 6.20 Å². The molecule has 0 spiro atoms. The minimum absolute atomic E-state index is 0.400.